The van der Waals surface area contributed by atoms with E-state index >= 15 is 0 Å². The Morgan fingerprint density at radius 1 is 1.26 bits per heavy atom. The Morgan fingerprint density at radius 3 is 2.57 bits per heavy atom. The molecular weight excluding hydrogens is 320 g/mol. The van der Waals surface area contributed by atoms with Gasteiger partial charge in [-0.2, -0.15) is 4.98 Å². The van der Waals surface area contributed by atoms with Gasteiger partial charge >= 0.3 is 0 Å². The third-order valence-corrected chi connectivity index (χ3v) is 3.23. The first-order valence-electron chi connectivity index (χ1n) is 6.73. The van der Waals surface area contributed by atoms with E-state index in [4.69, 9.17) is 10.5 Å². The number of nitrogens with one attached hydrogen (secondary N) is 2. The number of nitrogens with zero attached hydrogens (tertiary/aromatic N) is 3. The minimum Gasteiger partial charge on any atom is -0.491 e. The van der Waals surface area contributed by atoms with Gasteiger partial charge in [-0.3, -0.25) is 4.72 Å². The lowest BCUT2D eigenvalue weighted by atomic mass is 10.3. The number of hydrogen-bond acceptors (Lipinski definition) is 8. The van der Waals surface area contributed by atoms with Gasteiger partial charge in [-0.15, -0.1) is 0 Å². The molecule has 0 saturated heterocycles. The number of anilines is 3. The highest BCUT2D eigenvalue weighted by atomic mass is 32.2. The van der Waals surface area contributed by atoms with Crippen molar-refractivity contribution in [3.63, 3.8) is 0 Å². The average molecular weight is 338 g/mol. The predicted molar refractivity (Wildman–Crippen MR) is 87.7 cm³/mol. The van der Waals surface area contributed by atoms with Crippen molar-refractivity contribution in [2.75, 3.05) is 28.6 Å². The van der Waals surface area contributed by atoms with Crippen LogP contribution in [0.3, 0.4) is 0 Å². The molecule has 1 heterocycles. The van der Waals surface area contributed by atoms with Crippen LogP contribution in [-0.4, -0.2) is 42.3 Å². The van der Waals surface area contributed by atoms with Crippen LogP contribution < -0.4 is 20.5 Å². The number of hydrogen-bond donors (Lipinski definition) is 3. The van der Waals surface area contributed by atoms with Crippen LogP contribution in [0.4, 0.5) is 17.6 Å². The van der Waals surface area contributed by atoms with Crippen molar-refractivity contribution in [2.45, 2.75) is 13.0 Å². The second-order valence-corrected chi connectivity index (χ2v) is 6.67. The Kier molecular flexibility index (Phi) is 5.16. The zero-order valence-corrected chi connectivity index (χ0v) is 13.5. The van der Waals surface area contributed by atoms with Gasteiger partial charge in [0.25, 0.3) is 0 Å². The van der Waals surface area contributed by atoms with Crippen LogP contribution in [0.1, 0.15) is 6.92 Å². The molecule has 1 unspecified atom stereocenters. The predicted octanol–water partition coefficient (Wildman–Crippen LogP) is 0.705. The van der Waals surface area contributed by atoms with Gasteiger partial charge in [0.2, 0.25) is 21.9 Å². The lowest BCUT2D eigenvalue weighted by Gasteiger charge is -2.15. The number of aromatic nitrogens is 3. The molecule has 0 bridgehead atoms. The van der Waals surface area contributed by atoms with Gasteiger partial charge in [0, 0.05) is 5.69 Å². The summed E-state index contributed by atoms with van der Waals surface area (Å²) >= 11 is 0. The summed E-state index contributed by atoms with van der Waals surface area (Å²) in [6.07, 6.45) is 2.42. The van der Waals surface area contributed by atoms with Crippen molar-refractivity contribution in [1.29, 1.82) is 0 Å². The third kappa shape index (κ3) is 5.94. The van der Waals surface area contributed by atoms with Gasteiger partial charge in [0.1, 0.15) is 18.7 Å². The Hall–Kier alpha value is -2.62. The molecule has 2 aromatic rings. The third-order valence-electron chi connectivity index (χ3n) is 2.62. The van der Waals surface area contributed by atoms with Crippen molar-refractivity contribution in [2.24, 2.45) is 0 Å². The normalized spacial score (nSPS) is 12.4. The Morgan fingerprint density at radius 2 is 1.96 bits per heavy atom. The number of benzene rings is 1. The maximum absolute atomic E-state index is 11.1. The summed E-state index contributed by atoms with van der Waals surface area (Å²) in [5.74, 6) is 1.14. The molecule has 0 radical (unpaired) electrons. The largest absolute Gasteiger partial charge is 0.491 e. The summed E-state index contributed by atoms with van der Waals surface area (Å²) in [4.78, 5) is 11.6. The van der Waals surface area contributed by atoms with Crippen LogP contribution in [0, 0.1) is 0 Å². The van der Waals surface area contributed by atoms with Crippen LogP contribution in [0.15, 0.2) is 30.6 Å². The first-order chi connectivity index (χ1) is 10.8. The lowest BCUT2D eigenvalue weighted by molar-refractivity contribution is 0.303. The van der Waals surface area contributed by atoms with Gasteiger partial charge in [-0.05, 0) is 31.2 Å². The molecule has 9 nitrogen and oxygen atoms in total. The Labute approximate surface area is 134 Å². The fraction of sp³-hybridized carbons (Fsp3) is 0.308. The fourth-order valence-electron chi connectivity index (χ4n) is 1.70. The van der Waals surface area contributed by atoms with Crippen molar-refractivity contribution in [1.82, 2.24) is 15.0 Å². The summed E-state index contributed by atoms with van der Waals surface area (Å²) in [5.41, 5.74) is 5.95. The maximum Gasteiger partial charge on any atom is 0.229 e. The second kappa shape index (κ2) is 7.09. The summed E-state index contributed by atoms with van der Waals surface area (Å²) in [6.45, 7) is 2.27. The van der Waals surface area contributed by atoms with E-state index in [0.717, 1.165) is 6.26 Å². The van der Waals surface area contributed by atoms with Crippen molar-refractivity contribution < 1.29 is 13.2 Å². The molecule has 1 atom stereocenters. The zero-order chi connectivity index (χ0) is 16.9. The number of ether oxygens (including phenoxy) is 1. The monoisotopic (exact) mass is 338 g/mol. The second-order valence-electron chi connectivity index (χ2n) is 4.92. The van der Waals surface area contributed by atoms with Crippen LogP contribution in [0.25, 0.3) is 0 Å². The van der Waals surface area contributed by atoms with Gasteiger partial charge in [0.05, 0.1) is 12.3 Å². The number of sulfonamides is 1. The summed E-state index contributed by atoms with van der Waals surface area (Å²) in [5, 5.41) is 3.04. The summed E-state index contributed by atoms with van der Waals surface area (Å²) in [6, 6.07) is 6.55. The zero-order valence-electron chi connectivity index (χ0n) is 12.7. The number of rotatable bonds is 7. The topological polar surface area (TPSA) is 132 Å². The number of nitrogen functional groups attached to an aromatic ring is 1. The molecule has 1 aromatic carbocycles. The van der Waals surface area contributed by atoms with E-state index in [1.807, 2.05) is 6.92 Å². The quantitative estimate of drug-likeness (QED) is 0.672. The van der Waals surface area contributed by atoms with Gasteiger partial charge in [0.15, 0.2) is 0 Å². The van der Waals surface area contributed by atoms with Crippen molar-refractivity contribution in [3.8, 4) is 5.75 Å². The van der Waals surface area contributed by atoms with Crippen molar-refractivity contribution in [3.05, 3.63) is 30.6 Å². The molecule has 1 aromatic heterocycles. The van der Waals surface area contributed by atoms with E-state index in [-0.39, 0.29) is 12.0 Å². The molecule has 23 heavy (non-hydrogen) atoms. The van der Waals surface area contributed by atoms with Crippen LogP contribution in [-0.2, 0) is 10.0 Å². The number of nitrogens with two attached hydrogens (primary N) is 1. The van der Waals surface area contributed by atoms with E-state index in [1.54, 1.807) is 24.3 Å². The highest BCUT2D eigenvalue weighted by Crippen LogP contribution is 2.16. The Balaban J connectivity index is 1.85. The molecule has 0 aliphatic carbocycles. The molecule has 124 valence electrons. The highest BCUT2D eigenvalue weighted by Gasteiger charge is 2.06. The fourth-order valence-corrected chi connectivity index (χ4v) is 2.26. The molecule has 0 aliphatic rings. The molecule has 2 rings (SSSR count). The average Bonchev–Trinajstić information content (AvgIpc) is 2.45. The van der Waals surface area contributed by atoms with Crippen LogP contribution in [0.5, 0.6) is 5.75 Å². The van der Waals surface area contributed by atoms with E-state index in [2.05, 4.69) is 25.0 Å². The van der Waals surface area contributed by atoms with Crippen molar-refractivity contribution >= 4 is 27.6 Å². The van der Waals surface area contributed by atoms with E-state index in [0.29, 0.717) is 24.0 Å². The van der Waals surface area contributed by atoms with Gasteiger partial charge in [-0.25, -0.2) is 18.4 Å². The smallest absolute Gasteiger partial charge is 0.229 e. The van der Waals surface area contributed by atoms with E-state index in [1.165, 1.54) is 6.33 Å². The maximum atomic E-state index is 11.1. The molecule has 4 N–H and O–H groups in total. The van der Waals surface area contributed by atoms with Crippen LogP contribution in [0.2, 0.25) is 0 Å². The molecule has 0 fully saturated rings. The standard InChI is InChI=1S/C13H18N6O3S/c1-9(17-13-16-8-15-12(14)18-13)7-22-11-5-3-10(4-6-11)19-23(2,20)21/h3-6,8-9,19H,7H2,1-2H3,(H3,14,15,16,17,18). The summed E-state index contributed by atoms with van der Waals surface area (Å²) in [7, 11) is -3.28. The molecule has 10 heteroatoms. The lowest BCUT2D eigenvalue weighted by Crippen LogP contribution is -2.24. The first kappa shape index (κ1) is 16.7. The molecule has 0 saturated carbocycles. The molecule has 0 aliphatic heterocycles. The SMILES string of the molecule is CC(COc1ccc(NS(C)(=O)=O)cc1)Nc1ncnc(N)n1. The molecule has 0 spiro atoms. The molecule has 0 amide bonds. The highest BCUT2D eigenvalue weighted by molar-refractivity contribution is 7.92. The first-order valence-corrected chi connectivity index (χ1v) is 8.63. The Bertz CT molecular complexity index is 751. The van der Waals surface area contributed by atoms with Gasteiger partial charge in [-0.1, -0.05) is 0 Å². The minimum atomic E-state index is -3.28. The summed E-state index contributed by atoms with van der Waals surface area (Å²) < 4.78 is 30.2. The van der Waals surface area contributed by atoms with Gasteiger partial charge < -0.3 is 15.8 Å². The van der Waals surface area contributed by atoms with E-state index < -0.39 is 10.0 Å². The minimum absolute atomic E-state index is 0.0642. The molecular formula is C13H18N6O3S. The van der Waals surface area contributed by atoms with Crippen LogP contribution >= 0.6 is 0 Å². The van der Waals surface area contributed by atoms with E-state index in [9.17, 15) is 8.42 Å².